The summed E-state index contributed by atoms with van der Waals surface area (Å²) in [6.07, 6.45) is 8.60. The van der Waals surface area contributed by atoms with E-state index >= 15 is 0 Å². The highest BCUT2D eigenvalue weighted by molar-refractivity contribution is 6.33. The number of amides is 3. The minimum atomic E-state index is -1.54. The quantitative estimate of drug-likeness (QED) is 0.0859. The molecule has 10 nitrogen and oxygen atoms in total. The number of ketones is 1. The first kappa shape index (κ1) is 32.4. The molecule has 0 saturated heterocycles. The highest BCUT2D eigenvalue weighted by atomic mass is 16.5. The molecule has 0 aromatic carbocycles. The van der Waals surface area contributed by atoms with E-state index in [2.05, 4.69) is 24.1 Å². The number of imide groups is 1. The average molecular weight is 573 g/mol. The van der Waals surface area contributed by atoms with E-state index in [0.717, 1.165) is 19.3 Å². The lowest BCUT2D eigenvalue weighted by molar-refractivity contribution is -0.152. The molecule has 3 rings (SSSR count). The molecule has 41 heavy (non-hydrogen) atoms. The maximum absolute atomic E-state index is 14.2. The van der Waals surface area contributed by atoms with Crippen molar-refractivity contribution in [1.29, 1.82) is 0 Å². The Morgan fingerprint density at radius 1 is 1.22 bits per heavy atom. The van der Waals surface area contributed by atoms with Crippen molar-refractivity contribution in [2.24, 2.45) is 35.5 Å². The molecule has 4 N–H and O–H groups in total. The zero-order chi connectivity index (χ0) is 30.5. The van der Waals surface area contributed by atoms with Gasteiger partial charge in [-0.25, -0.2) is 4.79 Å². The molecule has 8 unspecified atom stereocenters. The van der Waals surface area contributed by atoms with Crippen LogP contribution in [0.2, 0.25) is 0 Å². The average Bonchev–Trinajstić information content (AvgIpc) is 3.22. The number of hydrogen-bond acceptors (Lipinski definition) is 8. The SMILES string of the molecule is C=CC(CCCCC)C1=C(C(=O)C2C(C)C=CC3(O)CC(C(=O)NC(CO)C(=O)OCC)CC(C)C23)C(=O)NC1=O. The van der Waals surface area contributed by atoms with Crippen LogP contribution in [-0.4, -0.2) is 64.5 Å². The fourth-order valence-corrected chi connectivity index (χ4v) is 6.85. The number of hydrogen-bond donors (Lipinski definition) is 4. The van der Waals surface area contributed by atoms with Crippen molar-refractivity contribution in [3.63, 3.8) is 0 Å². The van der Waals surface area contributed by atoms with Crippen molar-refractivity contribution in [2.45, 2.75) is 77.9 Å². The number of ether oxygens (including phenoxy) is 1. The van der Waals surface area contributed by atoms with E-state index in [1.165, 1.54) is 0 Å². The van der Waals surface area contributed by atoms with Crippen molar-refractivity contribution < 1.29 is 38.9 Å². The fourth-order valence-electron chi connectivity index (χ4n) is 6.85. The van der Waals surface area contributed by atoms with Crippen molar-refractivity contribution in [1.82, 2.24) is 10.6 Å². The number of carbonyl (C=O) groups is 5. The van der Waals surface area contributed by atoms with Crippen LogP contribution in [0.15, 0.2) is 36.0 Å². The minimum absolute atomic E-state index is 0.00878. The highest BCUT2D eigenvalue weighted by Crippen LogP contribution is 2.51. The zero-order valence-electron chi connectivity index (χ0n) is 24.5. The van der Waals surface area contributed by atoms with Gasteiger partial charge in [0.15, 0.2) is 11.8 Å². The van der Waals surface area contributed by atoms with Gasteiger partial charge in [0.2, 0.25) is 5.91 Å². The van der Waals surface area contributed by atoms with E-state index in [-0.39, 0.29) is 36.0 Å². The lowest BCUT2D eigenvalue weighted by atomic mass is 9.55. The van der Waals surface area contributed by atoms with Crippen LogP contribution in [0.1, 0.15) is 66.2 Å². The number of nitrogens with one attached hydrogen (secondary N) is 2. The molecule has 10 heteroatoms. The van der Waals surface area contributed by atoms with Gasteiger partial charge in [0.05, 0.1) is 24.4 Å². The summed E-state index contributed by atoms with van der Waals surface area (Å²) >= 11 is 0. The van der Waals surface area contributed by atoms with Gasteiger partial charge in [0, 0.05) is 29.2 Å². The van der Waals surface area contributed by atoms with Gasteiger partial charge in [-0.15, -0.1) is 6.58 Å². The molecule has 1 heterocycles. The van der Waals surface area contributed by atoms with Crippen LogP contribution in [0, 0.1) is 35.5 Å². The van der Waals surface area contributed by atoms with Crippen molar-refractivity contribution in [3.8, 4) is 0 Å². The van der Waals surface area contributed by atoms with Crippen LogP contribution in [0.3, 0.4) is 0 Å². The molecule has 3 aliphatic rings. The van der Waals surface area contributed by atoms with Crippen LogP contribution < -0.4 is 10.6 Å². The Morgan fingerprint density at radius 3 is 2.54 bits per heavy atom. The number of Topliss-reactive ketones (excluding diaryl/α,β-unsaturated/α-hetero) is 1. The molecule has 1 aliphatic heterocycles. The van der Waals surface area contributed by atoms with Crippen LogP contribution in [0.4, 0.5) is 0 Å². The largest absolute Gasteiger partial charge is 0.464 e. The zero-order valence-corrected chi connectivity index (χ0v) is 24.5. The third-order valence-electron chi connectivity index (χ3n) is 8.79. The number of esters is 1. The van der Waals surface area contributed by atoms with Gasteiger partial charge in [-0.05, 0) is 38.0 Å². The first-order valence-corrected chi connectivity index (χ1v) is 14.7. The Kier molecular flexibility index (Phi) is 10.8. The molecule has 0 radical (unpaired) electrons. The molecule has 0 aromatic heterocycles. The maximum Gasteiger partial charge on any atom is 0.331 e. The van der Waals surface area contributed by atoms with Gasteiger partial charge in [-0.3, -0.25) is 24.5 Å². The van der Waals surface area contributed by atoms with Crippen molar-refractivity contribution in [2.75, 3.05) is 13.2 Å². The second-order valence-corrected chi connectivity index (χ2v) is 11.6. The van der Waals surface area contributed by atoms with E-state index < -0.39 is 71.4 Å². The molecule has 226 valence electrons. The smallest absolute Gasteiger partial charge is 0.331 e. The van der Waals surface area contributed by atoms with E-state index in [1.807, 2.05) is 13.8 Å². The standard InChI is InChI=1S/C31H44N2O8/c1-6-9-10-11-19(7-2)23-24(29(38)33-28(23)37)26(35)22-17(4)12-13-31(40)15-20(14-18(5)25(22)31)27(36)32-21(16-34)30(39)41-8-3/h7,12-13,17-22,25,34,40H,2,6,8-11,14-16H2,1,3-5H3,(H,32,36)(H,33,37,38). The number of aliphatic hydroxyl groups is 2. The normalized spacial score (nSPS) is 30.7. The van der Waals surface area contributed by atoms with Crippen LogP contribution in [-0.2, 0) is 28.7 Å². The molecule has 0 aromatic rings. The van der Waals surface area contributed by atoms with Gasteiger partial charge >= 0.3 is 5.97 Å². The van der Waals surface area contributed by atoms with Crippen LogP contribution in [0.5, 0.6) is 0 Å². The molecule has 0 spiro atoms. The Morgan fingerprint density at radius 2 is 1.93 bits per heavy atom. The maximum atomic E-state index is 14.2. The molecule has 0 bridgehead atoms. The Labute approximate surface area is 241 Å². The Balaban J connectivity index is 1.91. The van der Waals surface area contributed by atoms with Crippen molar-refractivity contribution >= 4 is 29.5 Å². The van der Waals surface area contributed by atoms with Gasteiger partial charge in [-0.2, -0.15) is 0 Å². The Bertz CT molecular complexity index is 1130. The third kappa shape index (κ3) is 6.70. The summed E-state index contributed by atoms with van der Waals surface area (Å²) in [6.45, 7) is 10.7. The van der Waals surface area contributed by atoms with E-state index in [1.54, 1.807) is 25.2 Å². The predicted molar refractivity (Wildman–Crippen MR) is 151 cm³/mol. The molecule has 1 saturated carbocycles. The molecule has 2 aliphatic carbocycles. The number of rotatable bonds is 13. The number of unbranched alkanes of at least 4 members (excludes halogenated alkanes) is 2. The minimum Gasteiger partial charge on any atom is -0.464 e. The Hall–Kier alpha value is -3.11. The molecule has 1 fully saturated rings. The molecular formula is C31H44N2O8. The van der Waals surface area contributed by atoms with Gasteiger partial charge in [0.25, 0.3) is 11.8 Å². The first-order chi connectivity index (χ1) is 19.4. The van der Waals surface area contributed by atoms with Gasteiger partial charge < -0.3 is 20.3 Å². The molecular weight excluding hydrogens is 528 g/mol. The predicted octanol–water partition coefficient (Wildman–Crippen LogP) is 2.15. The fraction of sp³-hybridized carbons (Fsp3) is 0.645. The van der Waals surface area contributed by atoms with E-state index in [4.69, 9.17) is 4.74 Å². The van der Waals surface area contributed by atoms with Crippen LogP contribution >= 0.6 is 0 Å². The highest BCUT2D eigenvalue weighted by Gasteiger charge is 2.56. The lowest BCUT2D eigenvalue weighted by Gasteiger charge is -2.51. The summed E-state index contributed by atoms with van der Waals surface area (Å²) in [6, 6.07) is -1.22. The summed E-state index contributed by atoms with van der Waals surface area (Å²) < 4.78 is 4.91. The van der Waals surface area contributed by atoms with Gasteiger partial charge in [-0.1, -0.05) is 58.3 Å². The number of aliphatic hydroxyl groups excluding tert-OH is 1. The second kappa shape index (κ2) is 13.7. The molecule has 8 atom stereocenters. The van der Waals surface area contributed by atoms with Gasteiger partial charge in [0.1, 0.15) is 0 Å². The third-order valence-corrected chi connectivity index (χ3v) is 8.79. The summed E-state index contributed by atoms with van der Waals surface area (Å²) in [5, 5.41) is 26.3. The lowest BCUT2D eigenvalue weighted by Crippen LogP contribution is -2.57. The van der Waals surface area contributed by atoms with Crippen LogP contribution in [0.25, 0.3) is 0 Å². The summed E-state index contributed by atoms with van der Waals surface area (Å²) in [5.74, 6) is -6.25. The monoisotopic (exact) mass is 572 g/mol. The number of carbonyl (C=O) groups excluding carboxylic acids is 5. The summed E-state index contributed by atoms with van der Waals surface area (Å²) in [5.41, 5.74) is -1.55. The second-order valence-electron chi connectivity index (χ2n) is 11.6. The summed E-state index contributed by atoms with van der Waals surface area (Å²) in [4.78, 5) is 65.3. The van der Waals surface area contributed by atoms with E-state index in [0.29, 0.717) is 12.8 Å². The number of allylic oxidation sites excluding steroid dienone is 2. The topological polar surface area (TPSA) is 159 Å². The van der Waals surface area contributed by atoms with E-state index in [9.17, 15) is 34.2 Å². The molecule has 3 amide bonds. The van der Waals surface area contributed by atoms with Crippen molar-refractivity contribution in [3.05, 3.63) is 36.0 Å². The number of fused-ring (bicyclic) bond motifs is 1. The first-order valence-electron chi connectivity index (χ1n) is 14.7. The summed E-state index contributed by atoms with van der Waals surface area (Å²) in [7, 11) is 0.